The molecule has 2 aliphatic rings. The van der Waals surface area contributed by atoms with Crippen molar-refractivity contribution in [3.63, 3.8) is 0 Å². The number of likely N-dealkylation sites (tertiary alicyclic amines) is 1. The molecule has 4 heterocycles. The van der Waals surface area contributed by atoms with Gasteiger partial charge in [0.25, 0.3) is 0 Å². The zero-order chi connectivity index (χ0) is 16.4. The molecule has 0 N–H and O–H groups in total. The molecule has 0 saturated carbocycles. The number of rotatable bonds is 3. The van der Waals surface area contributed by atoms with Crippen molar-refractivity contribution in [2.75, 3.05) is 24.5 Å². The molecule has 1 amide bonds. The summed E-state index contributed by atoms with van der Waals surface area (Å²) in [6, 6.07) is 4.29. The van der Waals surface area contributed by atoms with Gasteiger partial charge in [0, 0.05) is 37.9 Å². The topological polar surface area (TPSA) is 49.3 Å². The van der Waals surface area contributed by atoms with Crippen LogP contribution in [0.25, 0.3) is 0 Å². The quantitative estimate of drug-likeness (QED) is 0.860. The first-order valence-electron chi connectivity index (χ1n) is 8.67. The summed E-state index contributed by atoms with van der Waals surface area (Å²) in [6.07, 6.45) is 7.54. The third-order valence-corrected chi connectivity index (χ3v) is 5.84. The molecular weight excluding hydrogens is 320 g/mol. The number of carbonyl (C=O) groups excluding carboxylic acids is 1. The molecule has 0 aromatic carbocycles. The van der Waals surface area contributed by atoms with Crippen LogP contribution in [-0.2, 0) is 4.79 Å². The highest BCUT2D eigenvalue weighted by molar-refractivity contribution is 7.07. The van der Waals surface area contributed by atoms with Crippen LogP contribution in [0.5, 0.6) is 0 Å². The van der Waals surface area contributed by atoms with Crippen molar-refractivity contribution in [2.45, 2.75) is 31.7 Å². The molecule has 24 heavy (non-hydrogen) atoms. The molecule has 2 aromatic heterocycles. The Morgan fingerprint density at radius 2 is 1.92 bits per heavy atom. The maximum Gasteiger partial charge on any atom is 0.226 e. The van der Waals surface area contributed by atoms with Crippen LogP contribution in [0.1, 0.15) is 37.3 Å². The van der Waals surface area contributed by atoms with E-state index in [-0.39, 0.29) is 5.92 Å². The number of thiophene rings is 1. The van der Waals surface area contributed by atoms with E-state index in [2.05, 4.69) is 36.6 Å². The molecular formula is C18H22N4OS. The van der Waals surface area contributed by atoms with Crippen LogP contribution in [0.3, 0.4) is 0 Å². The van der Waals surface area contributed by atoms with Crippen LogP contribution in [0, 0.1) is 5.92 Å². The summed E-state index contributed by atoms with van der Waals surface area (Å²) in [4.78, 5) is 26.0. The van der Waals surface area contributed by atoms with E-state index in [1.165, 1.54) is 5.56 Å². The van der Waals surface area contributed by atoms with Gasteiger partial charge in [-0.25, -0.2) is 9.97 Å². The summed E-state index contributed by atoms with van der Waals surface area (Å²) in [5.74, 6) is 1.27. The van der Waals surface area contributed by atoms with E-state index in [0.29, 0.717) is 11.9 Å². The molecule has 126 valence electrons. The standard InChI is InChI=1S/C18H22N4OS/c23-17(22-9-1-3-16(22)15-6-12-24-13-15)14-4-10-21(11-5-14)18-19-7-2-8-20-18/h2,6-8,12-14,16H,1,3-5,9-11H2. The second-order valence-electron chi connectivity index (χ2n) is 6.56. The number of aromatic nitrogens is 2. The average molecular weight is 342 g/mol. The molecule has 6 heteroatoms. The molecule has 2 aromatic rings. The molecule has 1 atom stereocenters. The van der Waals surface area contributed by atoms with Gasteiger partial charge in [0.2, 0.25) is 11.9 Å². The van der Waals surface area contributed by atoms with Crippen molar-refractivity contribution in [3.05, 3.63) is 40.8 Å². The lowest BCUT2D eigenvalue weighted by Crippen LogP contribution is -2.42. The van der Waals surface area contributed by atoms with Crippen LogP contribution in [0.2, 0.25) is 0 Å². The largest absolute Gasteiger partial charge is 0.341 e. The lowest BCUT2D eigenvalue weighted by atomic mass is 9.94. The second kappa shape index (κ2) is 6.89. The highest BCUT2D eigenvalue weighted by Crippen LogP contribution is 2.35. The number of hydrogen-bond acceptors (Lipinski definition) is 5. The Bertz CT molecular complexity index is 668. The fraction of sp³-hybridized carbons (Fsp3) is 0.500. The van der Waals surface area contributed by atoms with Crippen molar-refractivity contribution in [3.8, 4) is 0 Å². The molecule has 0 bridgehead atoms. The molecule has 2 saturated heterocycles. The summed E-state index contributed by atoms with van der Waals surface area (Å²) < 4.78 is 0. The molecule has 4 rings (SSSR count). The van der Waals surface area contributed by atoms with E-state index in [1.54, 1.807) is 23.7 Å². The molecule has 0 radical (unpaired) electrons. The number of anilines is 1. The Labute approximate surface area is 146 Å². The van der Waals surface area contributed by atoms with Crippen LogP contribution >= 0.6 is 11.3 Å². The molecule has 2 aliphatic heterocycles. The maximum absolute atomic E-state index is 13.0. The zero-order valence-corrected chi connectivity index (χ0v) is 14.5. The van der Waals surface area contributed by atoms with Gasteiger partial charge in [0.15, 0.2) is 0 Å². The van der Waals surface area contributed by atoms with Crippen molar-refractivity contribution in [1.82, 2.24) is 14.9 Å². The van der Waals surface area contributed by atoms with E-state index >= 15 is 0 Å². The number of nitrogens with zero attached hydrogens (tertiary/aromatic N) is 4. The fourth-order valence-corrected chi connectivity index (χ4v) is 4.56. The molecule has 5 nitrogen and oxygen atoms in total. The predicted molar refractivity (Wildman–Crippen MR) is 95.0 cm³/mol. The first kappa shape index (κ1) is 15.6. The van der Waals surface area contributed by atoms with Crippen molar-refractivity contribution in [2.24, 2.45) is 5.92 Å². The molecule has 2 fully saturated rings. The summed E-state index contributed by atoms with van der Waals surface area (Å²) in [5.41, 5.74) is 1.31. The Balaban J connectivity index is 1.39. The normalized spacial score (nSPS) is 22.1. The number of hydrogen-bond donors (Lipinski definition) is 0. The SMILES string of the molecule is O=C(C1CCN(c2ncccn2)CC1)N1CCCC1c1ccsc1. The van der Waals surface area contributed by atoms with Crippen LogP contribution < -0.4 is 4.90 Å². The highest BCUT2D eigenvalue weighted by Gasteiger charge is 2.35. The van der Waals surface area contributed by atoms with Crippen LogP contribution in [0.4, 0.5) is 5.95 Å². The summed E-state index contributed by atoms with van der Waals surface area (Å²) in [6.45, 7) is 2.62. The lowest BCUT2D eigenvalue weighted by molar-refractivity contribution is -0.137. The predicted octanol–water partition coefficient (Wildman–Crippen LogP) is 3.12. The third kappa shape index (κ3) is 3.02. The molecule has 0 aliphatic carbocycles. The first-order valence-corrected chi connectivity index (χ1v) is 9.62. The van der Waals surface area contributed by atoms with E-state index in [4.69, 9.17) is 0 Å². The van der Waals surface area contributed by atoms with Gasteiger partial charge in [-0.1, -0.05) is 0 Å². The highest BCUT2D eigenvalue weighted by atomic mass is 32.1. The Hall–Kier alpha value is -1.95. The average Bonchev–Trinajstić information content (AvgIpc) is 3.33. The van der Waals surface area contributed by atoms with E-state index in [9.17, 15) is 4.79 Å². The van der Waals surface area contributed by atoms with Gasteiger partial charge in [-0.3, -0.25) is 4.79 Å². The smallest absolute Gasteiger partial charge is 0.226 e. The number of piperidine rings is 1. The van der Waals surface area contributed by atoms with Crippen molar-refractivity contribution in [1.29, 1.82) is 0 Å². The van der Waals surface area contributed by atoms with Gasteiger partial charge in [-0.05, 0) is 54.1 Å². The lowest BCUT2D eigenvalue weighted by Gasteiger charge is -2.34. The summed E-state index contributed by atoms with van der Waals surface area (Å²) in [5, 5.41) is 4.29. The van der Waals surface area contributed by atoms with Crippen LogP contribution in [0.15, 0.2) is 35.3 Å². The van der Waals surface area contributed by atoms with Crippen molar-refractivity contribution < 1.29 is 4.79 Å². The Morgan fingerprint density at radius 1 is 1.12 bits per heavy atom. The minimum atomic E-state index is 0.143. The first-order chi connectivity index (χ1) is 11.8. The zero-order valence-electron chi connectivity index (χ0n) is 13.7. The van der Waals surface area contributed by atoms with E-state index < -0.39 is 0 Å². The fourth-order valence-electron chi connectivity index (χ4n) is 3.86. The minimum Gasteiger partial charge on any atom is -0.341 e. The molecule has 1 unspecified atom stereocenters. The van der Waals surface area contributed by atoms with E-state index in [0.717, 1.165) is 51.3 Å². The monoisotopic (exact) mass is 342 g/mol. The molecule has 0 spiro atoms. The van der Waals surface area contributed by atoms with Gasteiger partial charge in [-0.15, -0.1) is 0 Å². The number of amides is 1. The van der Waals surface area contributed by atoms with Gasteiger partial charge in [0.05, 0.1) is 6.04 Å². The van der Waals surface area contributed by atoms with E-state index in [1.807, 2.05) is 6.07 Å². The minimum absolute atomic E-state index is 0.143. The van der Waals surface area contributed by atoms with Gasteiger partial charge in [0.1, 0.15) is 0 Å². The van der Waals surface area contributed by atoms with Crippen molar-refractivity contribution >= 4 is 23.2 Å². The Kier molecular flexibility index (Phi) is 4.47. The summed E-state index contributed by atoms with van der Waals surface area (Å²) in [7, 11) is 0. The second-order valence-corrected chi connectivity index (χ2v) is 7.34. The van der Waals surface area contributed by atoms with Crippen LogP contribution in [-0.4, -0.2) is 40.4 Å². The van der Waals surface area contributed by atoms with Gasteiger partial charge in [-0.2, -0.15) is 11.3 Å². The third-order valence-electron chi connectivity index (χ3n) is 5.14. The van der Waals surface area contributed by atoms with Gasteiger partial charge >= 0.3 is 0 Å². The van der Waals surface area contributed by atoms with Gasteiger partial charge < -0.3 is 9.80 Å². The Morgan fingerprint density at radius 3 is 2.62 bits per heavy atom. The summed E-state index contributed by atoms with van der Waals surface area (Å²) >= 11 is 1.72. The maximum atomic E-state index is 13.0. The number of carbonyl (C=O) groups is 1.